The molecule has 0 aromatic rings. The smallest absolute Gasteiger partial charge is 0.0758 e. The minimum Gasteiger partial charge on any atom is -0.393 e. The molecule has 31 heavy (non-hydrogen) atoms. The van der Waals surface area contributed by atoms with Crippen LogP contribution in [0.4, 0.5) is 0 Å². The predicted octanol–water partition coefficient (Wildman–Crippen LogP) is 7.00. The fraction of sp³-hybridized carbons (Fsp3) is 0.931. The lowest BCUT2D eigenvalue weighted by molar-refractivity contribution is -0.0835. The summed E-state index contributed by atoms with van der Waals surface area (Å²) in [6.45, 7) is 14.7. The molecule has 0 spiro atoms. The first kappa shape index (κ1) is 23.8. The largest absolute Gasteiger partial charge is 0.393 e. The normalized spacial score (nSPS) is 46.7. The van der Waals surface area contributed by atoms with Crippen molar-refractivity contribution in [3.05, 3.63) is 11.6 Å². The average molecular weight is 431 g/mol. The second kappa shape index (κ2) is 8.79. The Kier molecular flexibility index (Phi) is 6.75. The number of hydrogen-bond donors (Lipinski definition) is 2. The molecule has 0 radical (unpaired) electrons. The number of aliphatic hydroxyl groups is 2. The van der Waals surface area contributed by atoms with Crippen LogP contribution in [0.2, 0.25) is 0 Å². The quantitative estimate of drug-likeness (QED) is 0.446. The van der Waals surface area contributed by atoms with Gasteiger partial charge < -0.3 is 10.2 Å². The minimum absolute atomic E-state index is 0.180. The number of fused-ring (bicyclic) bond motifs is 5. The van der Waals surface area contributed by atoms with Crippen LogP contribution in [0.15, 0.2) is 11.6 Å². The SMILES string of the molecule is CCC(CC[C@@H](C)[C@H]1CC[C@H]2C3=CC(O)C4CC(O)CC[C@]4(C)[C@H]3CC[C@]12C)C(C)C. The highest BCUT2D eigenvalue weighted by atomic mass is 16.3. The zero-order valence-corrected chi connectivity index (χ0v) is 21.2. The van der Waals surface area contributed by atoms with Gasteiger partial charge in [-0.15, -0.1) is 0 Å². The van der Waals surface area contributed by atoms with Crippen LogP contribution in [0.3, 0.4) is 0 Å². The number of aliphatic hydroxyl groups excluding tert-OH is 2. The van der Waals surface area contributed by atoms with Crippen molar-refractivity contribution in [2.24, 2.45) is 52.3 Å². The van der Waals surface area contributed by atoms with E-state index >= 15 is 0 Å². The van der Waals surface area contributed by atoms with Gasteiger partial charge >= 0.3 is 0 Å². The molecular weight excluding hydrogens is 380 g/mol. The second-order valence-corrected chi connectivity index (χ2v) is 13.0. The molecular formula is C29H50O2. The maximum absolute atomic E-state index is 11.1. The summed E-state index contributed by atoms with van der Waals surface area (Å²) in [6, 6.07) is 0. The first-order chi connectivity index (χ1) is 14.6. The summed E-state index contributed by atoms with van der Waals surface area (Å²) in [5, 5.41) is 21.4. The van der Waals surface area contributed by atoms with E-state index in [1.807, 2.05) is 0 Å². The van der Waals surface area contributed by atoms with Gasteiger partial charge in [-0.3, -0.25) is 0 Å². The van der Waals surface area contributed by atoms with Crippen LogP contribution >= 0.6 is 0 Å². The summed E-state index contributed by atoms with van der Waals surface area (Å²) in [6.07, 6.45) is 13.9. The first-order valence-corrected chi connectivity index (χ1v) is 13.7. The molecule has 2 nitrogen and oxygen atoms in total. The Hall–Kier alpha value is -0.340. The average Bonchev–Trinajstić information content (AvgIpc) is 3.07. The van der Waals surface area contributed by atoms with E-state index in [0.717, 1.165) is 42.9 Å². The Balaban J connectivity index is 1.52. The summed E-state index contributed by atoms with van der Waals surface area (Å²) < 4.78 is 0. The molecule has 4 rings (SSSR count). The van der Waals surface area contributed by atoms with Gasteiger partial charge in [0, 0.05) is 0 Å². The molecule has 0 aromatic carbocycles. The van der Waals surface area contributed by atoms with E-state index in [4.69, 9.17) is 0 Å². The molecule has 2 N–H and O–H groups in total. The molecule has 0 bridgehead atoms. The molecule has 4 aliphatic rings. The molecule has 4 aliphatic carbocycles. The molecule has 0 aliphatic heterocycles. The molecule has 178 valence electrons. The molecule has 0 aromatic heterocycles. The summed E-state index contributed by atoms with van der Waals surface area (Å²) in [5.74, 6) is 4.86. The van der Waals surface area contributed by atoms with Crippen molar-refractivity contribution in [2.75, 3.05) is 0 Å². The summed E-state index contributed by atoms with van der Waals surface area (Å²) in [4.78, 5) is 0. The van der Waals surface area contributed by atoms with Gasteiger partial charge in [0.15, 0.2) is 0 Å². The highest BCUT2D eigenvalue weighted by Crippen LogP contribution is 2.67. The lowest BCUT2D eigenvalue weighted by Crippen LogP contribution is -2.53. The van der Waals surface area contributed by atoms with Crippen molar-refractivity contribution in [3.8, 4) is 0 Å². The van der Waals surface area contributed by atoms with Crippen molar-refractivity contribution in [1.29, 1.82) is 0 Å². The topological polar surface area (TPSA) is 40.5 Å². The van der Waals surface area contributed by atoms with Gasteiger partial charge in [0.2, 0.25) is 0 Å². The highest BCUT2D eigenvalue weighted by molar-refractivity contribution is 5.29. The van der Waals surface area contributed by atoms with Crippen molar-refractivity contribution in [1.82, 2.24) is 0 Å². The Morgan fingerprint density at radius 2 is 1.61 bits per heavy atom. The van der Waals surface area contributed by atoms with Gasteiger partial charge in [0.05, 0.1) is 12.2 Å². The number of allylic oxidation sites excluding steroid dienone is 1. The monoisotopic (exact) mass is 430 g/mol. The fourth-order valence-corrected chi connectivity index (χ4v) is 9.22. The molecule has 0 amide bonds. The van der Waals surface area contributed by atoms with E-state index in [0.29, 0.717) is 17.3 Å². The lowest BCUT2D eigenvalue weighted by atomic mass is 9.47. The predicted molar refractivity (Wildman–Crippen MR) is 130 cm³/mol. The van der Waals surface area contributed by atoms with Crippen LogP contribution in [0.25, 0.3) is 0 Å². The van der Waals surface area contributed by atoms with Gasteiger partial charge in [0.25, 0.3) is 0 Å². The van der Waals surface area contributed by atoms with Crippen molar-refractivity contribution in [2.45, 2.75) is 118 Å². The van der Waals surface area contributed by atoms with E-state index in [9.17, 15) is 10.2 Å². The van der Waals surface area contributed by atoms with Gasteiger partial charge in [-0.2, -0.15) is 0 Å². The fourth-order valence-electron chi connectivity index (χ4n) is 9.22. The standard InChI is InChI=1S/C29H50O2/c1-7-20(18(2)3)9-8-19(4)23-10-11-24-22-17-27(31)26-16-21(30)12-14-29(26,6)25(22)13-15-28(23,24)5/h17-21,23-27,30-31H,7-16H2,1-6H3/t19-,20?,21?,23-,24+,25+,26?,27?,28-,29-/m1/s1. The maximum atomic E-state index is 11.1. The second-order valence-electron chi connectivity index (χ2n) is 13.0. The molecule has 2 heteroatoms. The van der Waals surface area contributed by atoms with Crippen LogP contribution in [0.1, 0.15) is 106 Å². The molecule has 0 heterocycles. The maximum Gasteiger partial charge on any atom is 0.0758 e. The van der Waals surface area contributed by atoms with Gasteiger partial charge in [0.1, 0.15) is 0 Å². The van der Waals surface area contributed by atoms with Gasteiger partial charge in [-0.05, 0) is 104 Å². The molecule has 10 atom stereocenters. The van der Waals surface area contributed by atoms with E-state index in [-0.39, 0.29) is 23.5 Å². The van der Waals surface area contributed by atoms with Crippen molar-refractivity contribution < 1.29 is 10.2 Å². The van der Waals surface area contributed by atoms with Crippen LogP contribution in [-0.4, -0.2) is 22.4 Å². The molecule has 0 saturated heterocycles. The molecule has 3 saturated carbocycles. The summed E-state index contributed by atoms with van der Waals surface area (Å²) in [5.41, 5.74) is 2.22. The molecule has 3 fully saturated rings. The Bertz CT molecular complexity index is 668. The summed E-state index contributed by atoms with van der Waals surface area (Å²) in [7, 11) is 0. The zero-order valence-electron chi connectivity index (χ0n) is 21.2. The third-order valence-corrected chi connectivity index (χ3v) is 11.3. The van der Waals surface area contributed by atoms with E-state index < -0.39 is 0 Å². The lowest BCUT2D eigenvalue weighted by Gasteiger charge is -2.58. The van der Waals surface area contributed by atoms with Crippen molar-refractivity contribution >= 4 is 0 Å². The first-order valence-electron chi connectivity index (χ1n) is 13.7. The zero-order chi connectivity index (χ0) is 22.6. The van der Waals surface area contributed by atoms with Crippen LogP contribution in [-0.2, 0) is 0 Å². The number of rotatable bonds is 6. The van der Waals surface area contributed by atoms with Crippen LogP contribution < -0.4 is 0 Å². The molecule has 4 unspecified atom stereocenters. The number of hydrogen-bond acceptors (Lipinski definition) is 2. The Labute approximate surface area is 192 Å². The van der Waals surface area contributed by atoms with Gasteiger partial charge in [-0.25, -0.2) is 0 Å². The van der Waals surface area contributed by atoms with Crippen LogP contribution in [0.5, 0.6) is 0 Å². The van der Waals surface area contributed by atoms with Crippen LogP contribution in [0, 0.1) is 52.3 Å². The van der Waals surface area contributed by atoms with E-state index in [2.05, 4.69) is 47.6 Å². The van der Waals surface area contributed by atoms with E-state index in [1.165, 1.54) is 44.9 Å². The Morgan fingerprint density at radius 1 is 0.935 bits per heavy atom. The third kappa shape index (κ3) is 3.96. The minimum atomic E-state index is -0.360. The summed E-state index contributed by atoms with van der Waals surface area (Å²) >= 11 is 0. The van der Waals surface area contributed by atoms with Crippen molar-refractivity contribution in [3.63, 3.8) is 0 Å². The highest BCUT2D eigenvalue weighted by Gasteiger charge is 2.59. The third-order valence-electron chi connectivity index (χ3n) is 11.3. The Morgan fingerprint density at radius 3 is 2.29 bits per heavy atom. The van der Waals surface area contributed by atoms with E-state index in [1.54, 1.807) is 5.57 Å². The van der Waals surface area contributed by atoms with Gasteiger partial charge in [-0.1, -0.05) is 66.0 Å².